The third kappa shape index (κ3) is 6.51. The van der Waals surface area contributed by atoms with Gasteiger partial charge in [0.1, 0.15) is 0 Å². The molecule has 1 rings (SSSR count). The van der Waals surface area contributed by atoms with Crippen LogP contribution >= 0.6 is 24.0 Å². The zero-order valence-electron chi connectivity index (χ0n) is 10.8. The van der Waals surface area contributed by atoms with E-state index in [2.05, 4.69) is 40.6 Å². The number of nitrogens with zero attached hydrogens (tertiary/aromatic N) is 2. The molecule has 0 aliphatic carbocycles. The van der Waals surface area contributed by atoms with Crippen molar-refractivity contribution in [2.45, 2.75) is 12.8 Å². The fourth-order valence-electron chi connectivity index (χ4n) is 1.57. The molecular formula is C13H22IN3. The lowest BCUT2D eigenvalue weighted by Crippen LogP contribution is -2.36. The van der Waals surface area contributed by atoms with Crippen LogP contribution in [0.25, 0.3) is 0 Å². The molecule has 0 saturated heterocycles. The fourth-order valence-corrected chi connectivity index (χ4v) is 1.57. The maximum atomic E-state index is 4.16. The van der Waals surface area contributed by atoms with Gasteiger partial charge in [-0.3, -0.25) is 4.99 Å². The van der Waals surface area contributed by atoms with E-state index < -0.39 is 0 Å². The minimum Gasteiger partial charge on any atom is -0.356 e. The molecule has 1 aromatic rings. The topological polar surface area (TPSA) is 27.6 Å². The largest absolute Gasteiger partial charge is 0.356 e. The minimum absolute atomic E-state index is 0. The Hall–Kier alpha value is -0.780. The van der Waals surface area contributed by atoms with E-state index in [9.17, 15) is 0 Å². The van der Waals surface area contributed by atoms with Gasteiger partial charge in [0.05, 0.1) is 0 Å². The van der Waals surface area contributed by atoms with Gasteiger partial charge < -0.3 is 10.2 Å². The van der Waals surface area contributed by atoms with Gasteiger partial charge in [0, 0.05) is 27.7 Å². The molecule has 0 saturated carbocycles. The number of rotatable bonds is 4. The molecule has 0 amide bonds. The molecule has 17 heavy (non-hydrogen) atoms. The van der Waals surface area contributed by atoms with Crippen LogP contribution in [0.2, 0.25) is 0 Å². The molecule has 0 radical (unpaired) electrons. The van der Waals surface area contributed by atoms with Crippen LogP contribution in [0.3, 0.4) is 0 Å². The molecule has 4 heteroatoms. The number of hydrogen-bond donors (Lipinski definition) is 1. The van der Waals surface area contributed by atoms with E-state index in [0.717, 1.165) is 25.3 Å². The van der Waals surface area contributed by atoms with Crippen LogP contribution in [0.1, 0.15) is 12.0 Å². The van der Waals surface area contributed by atoms with Crippen molar-refractivity contribution < 1.29 is 0 Å². The van der Waals surface area contributed by atoms with E-state index in [4.69, 9.17) is 0 Å². The second-order valence-corrected chi connectivity index (χ2v) is 3.96. The van der Waals surface area contributed by atoms with Gasteiger partial charge in [0.15, 0.2) is 5.96 Å². The normalized spacial score (nSPS) is 10.6. The van der Waals surface area contributed by atoms with Crippen molar-refractivity contribution in [3.05, 3.63) is 35.9 Å². The lowest BCUT2D eigenvalue weighted by atomic mass is 10.1. The Morgan fingerprint density at radius 2 is 1.88 bits per heavy atom. The van der Waals surface area contributed by atoms with Gasteiger partial charge in [0.25, 0.3) is 0 Å². The van der Waals surface area contributed by atoms with Crippen molar-refractivity contribution in [3.63, 3.8) is 0 Å². The monoisotopic (exact) mass is 347 g/mol. The molecule has 0 spiro atoms. The molecule has 3 nitrogen and oxygen atoms in total. The Labute approximate surface area is 121 Å². The van der Waals surface area contributed by atoms with E-state index in [0.29, 0.717) is 0 Å². The van der Waals surface area contributed by atoms with Crippen LogP contribution < -0.4 is 5.32 Å². The highest BCUT2D eigenvalue weighted by Crippen LogP contribution is 2.01. The van der Waals surface area contributed by atoms with E-state index >= 15 is 0 Å². The first kappa shape index (κ1) is 16.2. The zero-order chi connectivity index (χ0) is 11.8. The summed E-state index contributed by atoms with van der Waals surface area (Å²) in [7, 11) is 5.79. The van der Waals surface area contributed by atoms with Crippen LogP contribution in [0, 0.1) is 0 Å². The Balaban J connectivity index is 0.00000256. The molecule has 0 aliphatic heterocycles. The summed E-state index contributed by atoms with van der Waals surface area (Å²) in [5.41, 5.74) is 1.39. The van der Waals surface area contributed by atoms with Crippen molar-refractivity contribution in [2.24, 2.45) is 4.99 Å². The molecule has 0 aliphatic rings. The van der Waals surface area contributed by atoms with Crippen LogP contribution in [-0.2, 0) is 6.42 Å². The number of guanidine groups is 1. The number of halogens is 1. The van der Waals surface area contributed by atoms with Crippen LogP contribution in [0.5, 0.6) is 0 Å². The van der Waals surface area contributed by atoms with Gasteiger partial charge in [-0.1, -0.05) is 30.3 Å². The second kappa shape index (κ2) is 9.27. The summed E-state index contributed by atoms with van der Waals surface area (Å²) < 4.78 is 0. The first-order valence-electron chi connectivity index (χ1n) is 5.66. The average molecular weight is 347 g/mol. The summed E-state index contributed by atoms with van der Waals surface area (Å²) in [6.45, 7) is 0.958. The van der Waals surface area contributed by atoms with Gasteiger partial charge in [-0.05, 0) is 18.4 Å². The van der Waals surface area contributed by atoms with Crippen molar-refractivity contribution in [1.29, 1.82) is 0 Å². The predicted molar refractivity (Wildman–Crippen MR) is 85.2 cm³/mol. The quantitative estimate of drug-likeness (QED) is 0.392. The first-order valence-corrected chi connectivity index (χ1v) is 5.66. The maximum absolute atomic E-state index is 4.16. The molecule has 0 bridgehead atoms. The molecule has 0 atom stereocenters. The number of aryl methyl sites for hydroxylation is 1. The van der Waals surface area contributed by atoms with Crippen molar-refractivity contribution in [2.75, 3.05) is 27.7 Å². The lowest BCUT2D eigenvalue weighted by Gasteiger charge is -2.16. The number of benzene rings is 1. The smallest absolute Gasteiger partial charge is 0.193 e. The Bertz CT molecular complexity index is 323. The number of nitrogens with one attached hydrogen (secondary N) is 1. The van der Waals surface area contributed by atoms with Crippen LogP contribution in [-0.4, -0.2) is 38.5 Å². The van der Waals surface area contributed by atoms with E-state index in [1.54, 1.807) is 7.05 Å². The summed E-state index contributed by atoms with van der Waals surface area (Å²) in [6, 6.07) is 10.6. The second-order valence-electron chi connectivity index (χ2n) is 3.96. The lowest BCUT2D eigenvalue weighted by molar-refractivity contribution is 0.578. The van der Waals surface area contributed by atoms with E-state index in [1.807, 2.05) is 19.0 Å². The Morgan fingerprint density at radius 1 is 1.24 bits per heavy atom. The fraction of sp³-hybridized carbons (Fsp3) is 0.462. The molecule has 0 fully saturated rings. The van der Waals surface area contributed by atoms with Gasteiger partial charge in [0.2, 0.25) is 0 Å². The van der Waals surface area contributed by atoms with Crippen LogP contribution in [0.4, 0.5) is 0 Å². The summed E-state index contributed by atoms with van der Waals surface area (Å²) in [4.78, 5) is 6.15. The Morgan fingerprint density at radius 3 is 2.41 bits per heavy atom. The van der Waals surface area contributed by atoms with Gasteiger partial charge in [-0.15, -0.1) is 24.0 Å². The molecule has 96 valence electrons. The van der Waals surface area contributed by atoms with Gasteiger partial charge in [-0.25, -0.2) is 0 Å². The summed E-state index contributed by atoms with van der Waals surface area (Å²) in [5.74, 6) is 0.938. The minimum atomic E-state index is 0. The van der Waals surface area contributed by atoms with Crippen LogP contribution in [0.15, 0.2) is 35.3 Å². The standard InChI is InChI=1S/C13H21N3.HI/c1-14-13(16(2)3)15-11-7-10-12-8-5-4-6-9-12;/h4-6,8-9H,7,10-11H2,1-3H3,(H,14,15);1H. The molecule has 0 unspecified atom stereocenters. The van der Waals surface area contributed by atoms with Gasteiger partial charge in [-0.2, -0.15) is 0 Å². The van der Waals surface area contributed by atoms with Crippen molar-refractivity contribution in [3.8, 4) is 0 Å². The SMILES string of the molecule is CN=C(NCCCc1ccccc1)N(C)C.I. The van der Waals surface area contributed by atoms with Crippen molar-refractivity contribution >= 4 is 29.9 Å². The van der Waals surface area contributed by atoms with Gasteiger partial charge >= 0.3 is 0 Å². The van der Waals surface area contributed by atoms with E-state index in [1.165, 1.54) is 5.56 Å². The highest BCUT2D eigenvalue weighted by Gasteiger charge is 1.98. The average Bonchev–Trinajstić information content (AvgIpc) is 2.30. The molecule has 1 aromatic carbocycles. The highest BCUT2D eigenvalue weighted by molar-refractivity contribution is 14.0. The van der Waals surface area contributed by atoms with E-state index in [-0.39, 0.29) is 24.0 Å². The molecular weight excluding hydrogens is 325 g/mol. The molecule has 0 heterocycles. The highest BCUT2D eigenvalue weighted by atomic mass is 127. The number of hydrogen-bond acceptors (Lipinski definition) is 1. The summed E-state index contributed by atoms with van der Waals surface area (Å²) >= 11 is 0. The summed E-state index contributed by atoms with van der Waals surface area (Å²) in [5, 5.41) is 3.32. The zero-order valence-corrected chi connectivity index (χ0v) is 13.1. The van der Waals surface area contributed by atoms with Crippen molar-refractivity contribution in [1.82, 2.24) is 10.2 Å². The number of aliphatic imine (C=N–C) groups is 1. The molecule has 0 aromatic heterocycles. The maximum Gasteiger partial charge on any atom is 0.193 e. The third-order valence-corrected chi connectivity index (χ3v) is 2.40. The Kier molecular flexibility index (Phi) is 8.85. The first-order chi connectivity index (χ1) is 7.74. The predicted octanol–water partition coefficient (Wildman–Crippen LogP) is 2.37. The summed E-state index contributed by atoms with van der Waals surface area (Å²) in [6.07, 6.45) is 2.23. The third-order valence-electron chi connectivity index (χ3n) is 2.40. The molecule has 1 N–H and O–H groups in total.